The molecule has 4 N–H and O–H groups in total. The summed E-state index contributed by atoms with van der Waals surface area (Å²) < 4.78 is 0. The van der Waals surface area contributed by atoms with Crippen LogP contribution >= 0.6 is 0 Å². The van der Waals surface area contributed by atoms with E-state index in [-0.39, 0.29) is 11.5 Å². The van der Waals surface area contributed by atoms with Crippen LogP contribution in [0.4, 0.5) is 11.5 Å². The number of phenols is 2. The highest BCUT2D eigenvalue weighted by molar-refractivity contribution is 5.74. The molecule has 0 atom stereocenters. The van der Waals surface area contributed by atoms with Gasteiger partial charge >= 0.3 is 0 Å². The molecular weight excluding hydrogens is 426 g/mol. The molecule has 5 rings (SSSR count). The predicted octanol–water partition coefficient (Wildman–Crippen LogP) is 4.13. The zero-order chi connectivity index (χ0) is 23.5. The Labute approximate surface area is 198 Å². The van der Waals surface area contributed by atoms with Crippen molar-refractivity contribution in [3.8, 4) is 33.9 Å². The van der Waals surface area contributed by atoms with Crippen LogP contribution in [0.5, 0.6) is 11.5 Å². The van der Waals surface area contributed by atoms with Gasteiger partial charge < -0.3 is 20.8 Å². The average molecular weight is 454 g/mol. The topological polar surface area (TPSA) is 98.7 Å². The number of rotatable bonds is 5. The molecule has 3 aromatic carbocycles. The fourth-order valence-corrected chi connectivity index (χ4v) is 4.33. The maximum atomic E-state index is 10.2. The van der Waals surface area contributed by atoms with E-state index in [1.807, 2.05) is 30.3 Å². The number of hydrogen-bond acceptors (Lipinski definition) is 7. The van der Waals surface area contributed by atoms with E-state index in [4.69, 9.17) is 5.73 Å². The first-order chi connectivity index (χ1) is 16.6. The van der Waals surface area contributed by atoms with Gasteiger partial charge in [-0.3, -0.25) is 4.90 Å². The molecule has 1 aromatic heterocycles. The van der Waals surface area contributed by atoms with Crippen molar-refractivity contribution >= 4 is 11.5 Å². The van der Waals surface area contributed by atoms with Crippen LogP contribution in [0, 0.1) is 0 Å². The van der Waals surface area contributed by atoms with E-state index in [0.717, 1.165) is 49.5 Å². The molecule has 0 spiro atoms. The van der Waals surface area contributed by atoms with Gasteiger partial charge in [0.05, 0.1) is 11.4 Å². The number of piperazine rings is 1. The van der Waals surface area contributed by atoms with Crippen LogP contribution in [-0.4, -0.2) is 51.5 Å². The lowest BCUT2D eigenvalue weighted by Gasteiger charge is -2.36. The molecule has 34 heavy (non-hydrogen) atoms. The van der Waals surface area contributed by atoms with E-state index < -0.39 is 0 Å². The van der Waals surface area contributed by atoms with E-state index in [9.17, 15) is 10.2 Å². The number of aromatic hydroxyl groups is 2. The largest absolute Gasteiger partial charge is 0.508 e. The Hall–Kier alpha value is -4.10. The molecule has 1 aliphatic rings. The van der Waals surface area contributed by atoms with Crippen molar-refractivity contribution in [3.63, 3.8) is 0 Å². The number of benzene rings is 3. The van der Waals surface area contributed by atoms with E-state index in [1.165, 1.54) is 5.56 Å². The van der Waals surface area contributed by atoms with Crippen LogP contribution < -0.4 is 10.6 Å². The first-order valence-electron chi connectivity index (χ1n) is 11.3. The van der Waals surface area contributed by atoms with Crippen LogP contribution in [0.2, 0.25) is 0 Å². The smallest absolute Gasteiger partial charge is 0.169 e. The molecular formula is C27H27N5O2. The minimum Gasteiger partial charge on any atom is -0.508 e. The van der Waals surface area contributed by atoms with Gasteiger partial charge in [-0.2, -0.15) is 0 Å². The summed E-state index contributed by atoms with van der Waals surface area (Å²) in [5.74, 6) is 0.851. The van der Waals surface area contributed by atoms with Crippen molar-refractivity contribution in [2.75, 3.05) is 36.8 Å². The molecule has 7 nitrogen and oxygen atoms in total. The Kier molecular flexibility index (Phi) is 6.01. The Balaban J connectivity index is 1.23. The second kappa shape index (κ2) is 9.41. The third kappa shape index (κ3) is 4.65. The third-order valence-corrected chi connectivity index (χ3v) is 6.26. The number of para-hydroxylation sites is 1. The summed E-state index contributed by atoms with van der Waals surface area (Å²) in [6.07, 6.45) is 0. The van der Waals surface area contributed by atoms with E-state index in [1.54, 1.807) is 24.3 Å². The van der Waals surface area contributed by atoms with Crippen LogP contribution in [0.25, 0.3) is 22.4 Å². The van der Waals surface area contributed by atoms with E-state index in [2.05, 4.69) is 44.3 Å². The lowest BCUT2D eigenvalue weighted by molar-refractivity contribution is 0.250. The van der Waals surface area contributed by atoms with Crippen LogP contribution in [-0.2, 0) is 6.54 Å². The highest BCUT2D eigenvalue weighted by Gasteiger charge is 2.21. The van der Waals surface area contributed by atoms with Crippen molar-refractivity contribution in [2.24, 2.45) is 0 Å². The molecule has 7 heteroatoms. The summed E-state index contributed by atoms with van der Waals surface area (Å²) in [4.78, 5) is 4.67. The van der Waals surface area contributed by atoms with E-state index >= 15 is 0 Å². The maximum absolute atomic E-state index is 10.2. The Morgan fingerprint density at radius 2 is 1.41 bits per heavy atom. The quantitative estimate of drug-likeness (QED) is 0.418. The molecule has 1 aliphatic heterocycles. The van der Waals surface area contributed by atoms with Gasteiger partial charge in [0.15, 0.2) is 5.82 Å². The number of phenolic OH excluding ortho intramolecular Hbond substituents is 2. The SMILES string of the molecule is Nc1nnc(-c2ccccc2O)cc1N1CCN(Cc2ccc(-c3ccc(O)cc3)cc2)CC1. The second-order valence-electron chi connectivity index (χ2n) is 8.52. The van der Waals surface area contributed by atoms with E-state index in [0.29, 0.717) is 17.1 Å². The number of anilines is 2. The molecule has 1 saturated heterocycles. The first kappa shape index (κ1) is 21.7. The molecule has 0 amide bonds. The Bertz CT molecular complexity index is 1270. The van der Waals surface area contributed by atoms with Crippen molar-refractivity contribution in [1.82, 2.24) is 15.1 Å². The molecule has 1 fully saturated rings. The summed E-state index contributed by atoms with van der Waals surface area (Å²) in [7, 11) is 0. The van der Waals surface area contributed by atoms with Gasteiger partial charge in [0.1, 0.15) is 11.5 Å². The van der Waals surface area contributed by atoms with Gasteiger partial charge in [-0.25, -0.2) is 0 Å². The number of hydrogen-bond donors (Lipinski definition) is 3. The number of aromatic nitrogens is 2. The van der Waals surface area contributed by atoms with Gasteiger partial charge in [-0.1, -0.05) is 48.5 Å². The minimum absolute atomic E-state index is 0.175. The van der Waals surface area contributed by atoms with Crippen LogP contribution in [0.3, 0.4) is 0 Å². The lowest BCUT2D eigenvalue weighted by atomic mass is 10.0. The Morgan fingerprint density at radius 3 is 2.09 bits per heavy atom. The summed E-state index contributed by atoms with van der Waals surface area (Å²) >= 11 is 0. The number of nitrogen functional groups attached to an aromatic ring is 1. The second-order valence-corrected chi connectivity index (χ2v) is 8.52. The molecule has 0 radical (unpaired) electrons. The molecule has 0 saturated carbocycles. The Morgan fingerprint density at radius 1 is 0.765 bits per heavy atom. The van der Waals surface area contributed by atoms with Gasteiger partial charge in [0.2, 0.25) is 0 Å². The number of nitrogens with zero attached hydrogens (tertiary/aromatic N) is 4. The molecule has 0 aliphatic carbocycles. The zero-order valence-electron chi connectivity index (χ0n) is 18.8. The normalized spacial score (nSPS) is 14.3. The van der Waals surface area contributed by atoms with Gasteiger partial charge in [-0.15, -0.1) is 10.2 Å². The summed E-state index contributed by atoms with van der Waals surface area (Å²) in [5.41, 5.74) is 11.8. The van der Waals surface area contributed by atoms with Gasteiger partial charge in [0, 0.05) is 38.3 Å². The zero-order valence-corrected chi connectivity index (χ0v) is 18.8. The minimum atomic E-state index is 0.175. The molecule has 172 valence electrons. The molecule has 0 bridgehead atoms. The van der Waals surface area contributed by atoms with Crippen molar-refractivity contribution < 1.29 is 10.2 Å². The summed E-state index contributed by atoms with van der Waals surface area (Å²) in [6.45, 7) is 4.38. The third-order valence-electron chi connectivity index (χ3n) is 6.26. The molecule has 2 heterocycles. The number of nitrogens with two attached hydrogens (primary N) is 1. The standard InChI is InChI=1S/C27H27N5O2/c28-27-25(17-24(29-30-27)23-3-1-2-4-26(23)34)32-15-13-31(14-16-32)18-19-5-7-20(8-6-19)21-9-11-22(33)12-10-21/h1-12,17,33-34H,13-16,18H2,(H2,28,30). The van der Waals surface area contributed by atoms with Crippen LogP contribution in [0.15, 0.2) is 78.9 Å². The van der Waals surface area contributed by atoms with Crippen molar-refractivity contribution in [3.05, 3.63) is 84.4 Å². The fourth-order valence-electron chi connectivity index (χ4n) is 4.33. The molecule has 4 aromatic rings. The van der Waals surface area contributed by atoms with Crippen molar-refractivity contribution in [2.45, 2.75) is 6.54 Å². The maximum Gasteiger partial charge on any atom is 0.169 e. The van der Waals surface area contributed by atoms with Crippen molar-refractivity contribution in [1.29, 1.82) is 0 Å². The predicted molar refractivity (Wildman–Crippen MR) is 135 cm³/mol. The van der Waals surface area contributed by atoms with Gasteiger partial charge in [0.25, 0.3) is 0 Å². The monoisotopic (exact) mass is 453 g/mol. The fraction of sp³-hybridized carbons (Fsp3) is 0.185. The highest BCUT2D eigenvalue weighted by Crippen LogP contribution is 2.31. The summed E-state index contributed by atoms with van der Waals surface area (Å²) in [5, 5.41) is 28.0. The highest BCUT2D eigenvalue weighted by atomic mass is 16.3. The first-order valence-corrected chi connectivity index (χ1v) is 11.3. The van der Waals surface area contributed by atoms with Crippen LogP contribution in [0.1, 0.15) is 5.56 Å². The lowest BCUT2D eigenvalue weighted by Crippen LogP contribution is -2.46. The molecule has 0 unspecified atom stereocenters. The van der Waals surface area contributed by atoms with Gasteiger partial charge in [-0.05, 0) is 47.0 Å². The average Bonchev–Trinajstić information content (AvgIpc) is 2.86. The summed E-state index contributed by atoms with van der Waals surface area (Å²) in [6, 6.07) is 24.9.